The first-order valence-electron chi connectivity index (χ1n) is 3.70. The summed E-state index contributed by atoms with van der Waals surface area (Å²) < 4.78 is 1.64. The molecule has 0 spiro atoms. The van der Waals surface area contributed by atoms with Gasteiger partial charge in [-0.15, -0.1) is 5.10 Å². The molecule has 2 rings (SSSR count). The average molecular weight is 286 g/mol. The molecule has 13 heavy (non-hydrogen) atoms. The molecule has 2 aromatic rings. The third-order valence-corrected chi connectivity index (χ3v) is 2.14. The van der Waals surface area contributed by atoms with Gasteiger partial charge in [0.2, 0.25) is 0 Å². The van der Waals surface area contributed by atoms with Crippen LogP contribution < -0.4 is 5.73 Å². The van der Waals surface area contributed by atoms with E-state index in [9.17, 15) is 0 Å². The lowest BCUT2D eigenvalue weighted by molar-refractivity contribution is 0.921. The normalized spacial score (nSPS) is 10.2. The van der Waals surface area contributed by atoms with Crippen LogP contribution in [0.25, 0.3) is 11.3 Å². The van der Waals surface area contributed by atoms with Crippen LogP contribution in [-0.4, -0.2) is 13.2 Å². The van der Waals surface area contributed by atoms with Gasteiger partial charge in [-0.3, -0.25) is 0 Å². The molecule has 1 aromatic heterocycles. The minimum atomic E-state index is 0.755. The van der Waals surface area contributed by atoms with Crippen molar-refractivity contribution in [3.8, 4) is 11.3 Å². The van der Waals surface area contributed by atoms with Crippen molar-refractivity contribution in [2.24, 2.45) is 0 Å². The SMILES string of the molecule is Nc1ccc(-c2cn(I)nn2)cc1. The highest BCUT2D eigenvalue weighted by Crippen LogP contribution is 2.17. The Morgan fingerprint density at radius 1 is 1.23 bits per heavy atom. The van der Waals surface area contributed by atoms with Gasteiger partial charge in [0.1, 0.15) is 5.69 Å². The van der Waals surface area contributed by atoms with Crippen LogP contribution in [0.2, 0.25) is 0 Å². The zero-order valence-electron chi connectivity index (χ0n) is 6.68. The first kappa shape index (κ1) is 8.49. The van der Waals surface area contributed by atoms with E-state index in [1.165, 1.54) is 0 Å². The lowest BCUT2D eigenvalue weighted by Gasteiger charge is -1.95. The molecule has 0 aliphatic rings. The largest absolute Gasteiger partial charge is 0.399 e. The number of nitrogen functional groups attached to an aromatic ring is 1. The summed E-state index contributed by atoms with van der Waals surface area (Å²) in [5.74, 6) is 0. The Hall–Kier alpha value is -1.11. The molecule has 0 aliphatic heterocycles. The molecule has 0 bridgehead atoms. The second-order valence-electron chi connectivity index (χ2n) is 2.61. The molecular weight excluding hydrogens is 279 g/mol. The zero-order valence-corrected chi connectivity index (χ0v) is 8.84. The maximum atomic E-state index is 5.57. The fourth-order valence-electron chi connectivity index (χ4n) is 1.03. The fraction of sp³-hybridized carbons (Fsp3) is 0. The van der Waals surface area contributed by atoms with Crippen molar-refractivity contribution < 1.29 is 0 Å². The summed E-state index contributed by atoms with van der Waals surface area (Å²) in [5.41, 5.74) is 8.20. The molecule has 0 fully saturated rings. The summed E-state index contributed by atoms with van der Waals surface area (Å²) >= 11 is 2.05. The van der Waals surface area contributed by atoms with E-state index >= 15 is 0 Å². The number of nitrogens with zero attached hydrogens (tertiary/aromatic N) is 3. The second kappa shape index (κ2) is 3.33. The van der Waals surface area contributed by atoms with Gasteiger partial charge in [-0.25, -0.2) is 0 Å². The average Bonchev–Trinajstić information content (AvgIpc) is 2.53. The van der Waals surface area contributed by atoms with E-state index in [4.69, 9.17) is 5.73 Å². The van der Waals surface area contributed by atoms with Crippen molar-refractivity contribution in [2.75, 3.05) is 5.73 Å². The highest BCUT2D eigenvalue weighted by molar-refractivity contribution is 14.1. The van der Waals surface area contributed by atoms with Gasteiger partial charge in [-0.2, -0.15) is 2.90 Å². The molecule has 0 radical (unpaired) electrons. The van der Waals surface area contributed by atoms with E-state index in [1.807, 2.05) is 30.5 Å². The quantitative estimate of drug-likeness (QED) is 0.641. The van der Waals surface area contributed by atoms with Crippen LogP contribution in [0, 0.1) is 0 Å². The minimum Gasteiger partial charge on any atom is -0.399 e. The van der Waals surface area contributed by atoms with Gasteiger partial charge in [0.05, 0.1) is 29.1 Å². The van der Waals surface area contributed by atoms with Crippen LogP contribution >= 0.6 is 22.9 Å². The van der Waals surface area contributed by atoms with E-state index < -0.39 is 0 Å². The predicted molar refractivity (Wildman–Crippen MR) is 59.3 cm³/mol. The molecule has 1 aromatic carbocycles. The van der Waals surface area contributed by atoms with E-state index in [1.54, 1.807) is 2.90 Å². The summed E-state index contributed by atoms with van der Waals surface area (Å²) in [7, 11) is 0. The molecule has 2 N–H and O–H groups in total. The Labute approximate surface area is 89.2 Å². The van der Waals surface area contributed by atoms with Crippen LogP contribution in [0.3, 0.4) is 0 Å². The van der Waals surface area contributed by atoms with E-state index in [-0.39, 0.29) is 0 Å². The van der Waals surface area contributed by atoms with Crippen LogP contribution in [-0.2, 0) is 0 Å². The second-order valence-corrected chi connectivity index (χ2v) is 3.60. The van der Waals surface area contributed by atoms with Crippen molar-refractivity contribution in [1.29, 1.82) is 0 Å². The molecule has 5 heteroatoms. The first-order chi connectivity index (χ1) is 6.25. The van der Waals surface area contributed by atoms with Crippen molar-refractivity contribution in [3.63, 3.8) is 0 Å². The van der Waals surface area contributed by atoms with Gasteiger partial charge in [0, 0.05) is 11.3 Å². The Morgan fingerprint density at radius 3 is 2.46 bits per heavy atom. The summed E-state index contributed by atoms with van der Waals surface area (Å²) in [4.78, 5) is 0. The zero-order chi connectivity index (χ0) is 9.26. The number of rotatable bonds is 1. The number of benzene rings is 1. The van der Waals surface area contributed by atoms with Gasteiger partial charge in [-0.05, 0) is 12.1 Å². The molecule has 0 amide bonds. The lowest BCUT2D eigenvalue weighted by Crippen LogP contribution is -1.83. The molecule has 0 atom stereocenters. The maximum Gasteiger partial charge on any atom is 0.113 e. The standard InChI is InChI=1S/C8H7IN4/c9-13-5-8(11-12-13)6-1-3-7(10)4-2-6/h1-5H,10H2. The molecule has 0 saturated heterocycles. The van der Waals surface area contributed by atoms with Gasteiger partial charge >= 0.3 is 0 Å². The molecule has 0 unspecified atom stereocenters. The molecule has 1 heterocycles. The predicted octanol–water partition coefficient (Wildman–Crippen LogP) is 1.73. The number of halogens is 1. The molecule has 4 nitrogen and oxygen atoms in total. The van der Waals surface area contributed by atoms with Gasteiger partial charge in [0.25, 0.3) is 0 Å². The molecule has 0 aliphatic carbocycles. The van der Waals surface area contributed by atoms with E-state index in [0.717, 1.165) is 16.9 Å². The summed E-state index contributed by atoms with van der Waals surface area (Å²) in [6.07, 6.45) is 1.85. The fourth-order valence-corrected chi connectivity index (χ4v) is 1.39. The third-order valence-electron chi connectivity index (χ3n) is 1.67. The lowest BCUT2D eigenvalue weighted by atomic mass is 10.1. The van der Waals surface area contributed by atoms with Crippen molar-refractivity contribution in [2.45, 2.75) is 0 Å². The Morgan fingerprint density at radius 2 is 1.92 bits per heavy atom. The van der Waals surface area contributed by atoms with Gasteiger partial charge in [-0.1, -0.05) is 17.3 Å². The maximum absolute atomic E-state index is 5.57. The van der Waals surface area contributed by atoms with Crippen LogP contribution in [0.1, 0.15) is 0 Å². The summed E-state index contributed by atoms with van der Waals surface area (Å²) in [5, 5.41) is 7.82. The number of hydrogen-bond acceptors (Lipinski definition) is 3. The highest BCUT2D eigenvalue weighted by atomic mass is 127. The topological polar surface area (TPSA) is 56.7 Å². The van der Waals surface area contributed by atoms with Crippen molar-refractivity contribution in [3.05, 3.63) is 30.5 Å². The Balaban J connectivity index is 2.41. The Kier molecular flexibility index (Phi) is 2.17. The van der Waals surface area contributed by atoms with E-state index in [0.29, 0.717) is 0 Å². The van der Waals surface area contributed by atoms with Crippen LogP contribution in [0.15, 0.2) is 30.5 Å². The number of anilines is 1. The molecule has 66 valence electrons. The van der Waals surface area contributed by atoms with E-state index in [2.05, 4.69) is 33.2 Å². The van der Waals surface area contributed by atoms with Gasteiger partial charge in [0.15, 0.2) is 0 Å². The highest BCUT2D eigenvalue weighted by Gasteiger charge is 2.01. The summed E-state index contributed by atoms with van der Waals surface area (Å²) in [6.45, 7) is 0. The molecular formula is C8H7IN4. The summed E-state index contributed by atoms with van der Waals surface area (Å²) in [6, 6.07) is 7.55. The van der Waals surface area contributed by atoms with Crippen LogP contribution in [0.5, 0.6) is 0 Å². The molecule has 0 saturated carbocycles. The monoisotopic (exact) mass is 286 g/mol. The van der Waals surface area contributed by atoms with Gasteiger partial charge < -0.3 is 5.73 Å². The number of aromatic nitrogens is 3. The smallest absolute Gasteiger partial charge is 0.113 e. The first-order valence-corrected chi connectivity index (χ1v) is 4.66. The number of hydrogen-bond donors (Lipinski definition) is 1. The van der Waals surface area contributed by atoms with Crippen molar-refractivity contribution in [1.82, 2.24) is 13.2 Å². The van der Waals surface area contributed by atoms with Crippen molar-refractivity contribution >= 4 is 28.6 Å². The number of nitrogens with two attached hydrogens (primary N) is 1. The third kappa shape index (κ3) is 1.80. The minimum absolute atomic E-state index is 0.755. The van der Waals surface area contributed by atoms with Crippen LogP contribution in [0.4, 0.5) is 5.69 Å². The Bertz CT molecular complexity index is 406.